The van der Waals surface area contributed by atoms with Crippen LogP contribution in [0.1, 0.15) is 10.4 Å². The Morgan fingerprint density at radius 2 is 2.00 bits per heavy atom. The molecule has 2 aromatic rings. The van der Waals surface area contributed by atoms with Gasteiger partial charge in [0.05, 0.1) is 5.02 Å². The average molecular weight is 269 g/mol. The molecule has 0 unspecified atom stereocenters. The van der Waals surface area contributed by atoms with Gasteiger partial charge >= 0.3 is 0 Å². The Balaban J connectivity index is 2.19. The number of hydrogen-bond donors (Lipinski definition) is 1. The number of aromatic nitrogens is 1. The van der Waals surface area contributed by atoms with Crippen LogP contribution in [0.25, 0.3) is 0 Å². The fourth-order valence-electron chi connectivity index (χ4n) is 1.30. The lowest BCUT2D eigenvalue weighted by Gasteiger charge is -2.04. The number of benzene rings is 1. The van der Waals surface area contributed by atoms with Crippen molar-refractivity contribution in [2.24, 2.45) is 0 Å². The Morgan fingerprint density at radius 1 is 1.22 bits per heavy atom. The SMILES string of the molecule is O=C(Nc1cccc(F)n1)c1ccc(F)c(Cl)c1. The van der Waals surface area contributed by atoms with E-state index >= 15 is 0 Å². The molecule has 0 atom stereocenters. The highest BCUT2D eigenvalue weighted by molar-refractivity contribution is 6.31. The van der Waals surface area contributed by atoms with Crippen LogP contribution >= 0.6 is 11.6 Å². The zero-order valence-corrected chi connectivity index (χ0v) is 9.71. The van der Waals surface area contributed by atoms with Crippen molar-refractivity contribution in [2.75, 3.05) is 5.32 Å². The quantitative estimate of drug-likeness (QED) is 0.850. The maximum Gasteiger partial charge on any atom is 0.256 e. The molecule has 3 nitrogen and oxygen atoms in total. The molecule has 0 bridgehead atoms. The molecule has 0 aliphatic heterocycles. The number of hydrogen-bond acceptors (Lipinski definition) is 2. The van der Waals surface area contributed by atoms with Crippen LogP contribution in [0.4, 0.5) is 14.6 Å². The lowest BCUT2D eigenvalue weighted by Crippen LogP contribution is -2.13. The minimum Gasteiger partial charge on any atom is -0.306 e. The van der Waals surface area contributed by atoms with Crippen molar-refractivity contribution < 1.29 is 13.6 Å². The molecule has 0 saturated heterocycles. The number of carbonyl (C=O) groups excluding carboxylic acids is 1. The summed E-state index contributed by atoms with van der Waals surface area (Å²) >= 11 is 5.56. The Labute approximate surface area is 106 Å². The number of amides is 1. The zero-order chi connectivity index (χ0) is 13.1. The van der Waals surface area contributed by atoms with Gasteiger partial charge in [-0.3, -0.25) is 4.79 Å². The molecular formula is C12H7ClF2N2O. The van der Waals surface area contributed by atoms with E-state index in [1.54, 1.807) is 0 Å². The lowest BCUT2D eigenvalue weighted by molar-refractivity contribution is 0.102. The summed E-state index contributed by atoms with van der Waals surface area (Å²) in [6.45, 7) is 0. The van der Waals surface area contributed by atoms with Crippen molar-refractivity contribution in [2.45, 2.75) is 0 Å². The molecule has 0 saturated carbocycles. The van der Waals surface area contributed by atoms with Crippen LogP contribution in [0.3, 0.4) is 0 Å². The van der Waals surface area contributed by atoms with Crippen molar-refractivity contribution in [3.8, 4) is 0 Å². The predicted octanol–water partition coefficient (Wildman–Crippen LogP) is 3.27. The third-order valence-electron chi connectivity index (χ3n) is 2.14. The molecule has 92 valence electrons. The Morgan fingerprint density at radius 3 is 2.67 bits per heavy atom. The van der Waals surface area contributed by atoms with E-state index in [-0.39, 0.29) is 16.4 Å². The summed E-state index contributed by atoms with van der Waals surface area (Å²) in [5, 5.41) is 2.22. The first-order valence-corrected chi connectivity index (χ1v) is 5.33. The maximum absolute atomic E-state index is 12.9. The number of nitrogens with zero attached hydrogens (tertiary/aromatic N) is 1. The Kier molecular flexibility index (Phi) is 3.53. The first-order chi connectivity index (χ1) is 8.56. The number of nitrogens with one attached hydrogen (secondary N) is 1. The molecule has 18 heavy (non-hydrogen) atoms. The third-order valence-corrected chi connectivity index (χ3v) is 2.43. The van der Waals surface area contributed by atoms with Gasteiger partial charge in [-0.05, 0) is 30.3 Å². The molecule has 2 rings (SSSR count). The standard InChI is InChI=1S/C12H7ClF2N2O/c13-8-6-7(4-5-9(8)14)12(18)17-11-3-1-2-10(15)16-11/h1-6H,(H,16,17,18). The number of halogens is 3. The highest BCUT2D eigenvalue weighted by atomic mass is 35.5. The van der Waals surface area contributed by atoms with Crippen LogP contribution in [0.2, 0.25) is 5.02 Å². The van der Waals surface area contributed by atoms with Gasteiger partial charge in [-0.15, -0.1) is 0 Å². The Bertz CT molecular complexity index is 604. The molecule has 1 heterocycles. The summed E-state index contributed by atoms with van der Waals surface area (Å²) in [7, 11) is 0. The van der Waals surface area contributed by atoms with Crippen LogP contribution in [0.5, 0.6) is 0 Å². The van der Waals surface area contributed by atoms with E-state index in [1.165, 1.54) is 24.3 Å². The van der Waals surface area contributed by atoms with Crippen LogP contribution in [-0.2, 0) is 0 Å². The fraction of sp³-hybridized carbons (Fsp3) is 0. The van der Waals surface area contributed by atoms with Crippen LogP contribution in [-0.4, -0.2) is 10.9 Å². The van der Waals surface area contributed by atoms with Crippen molar-refractivity contribution >= 4 is 23.3 Å². The van der Waals surface area contributed by atoms with E-state index < -0.39 is 17.7 Å². The van der Waals surface area contributed by atoms with Crippen molar-refractivity contribution in [3.05, 3.63) is 58.7 Å². The second-order valence-corrected chi connectivity index (χ2v) is 3.84. The lowest BCUT2D eigenvalue weighted by atomic mass is 10.2. The minimum atomic E-state index is -0.704. The van der Waals surface area contributed by atoms with Crippen LogP contribution in [0, 0.1) is 11.8 Å². The van der Waals surface area contributed by atoms with Gasteiger partial charge in [-0.25, -0.2) is 9.37 Å². The van der Waals surface area contributed by atoms with Crippen LogP contribution < -0.4 is 5.32 Å². The summed E-state index contributed by atoms with van der Waals surface area (Å²) in [6, 6.07) is 7.55. The molecular weight excluding hydrogens is 262 g/mol. The molecule has 0 aliphatic carbocycles. The molecule has 1 aromatic heterocycles. The second kappa shape index (κ2) is 5.10. The van der Waals surface area contributed by atoms with E-state index in [4.69, 9.17) is 11.6 Å². The van der Waals surface area contributed by atoms with E-state index in [1.807, 2.05) is 0 Å². The van der Waals surface area contributed by atoms with Crippen molar-refractivity contribution in [1.29, 1.82) is 0 Å². The van der Waals surface area contributed by atoms with E-state index in [0.717, 1.165) is 12.1 Å². The van der Waals surface area contributed by atoms with Gasteiger partial charge in [0.25, 0.3) is 5.91 Å². The molecule has 0 radical (unpaired) electrons. The smallest absolute Gasteiger partial charge is 0.256 e. The molecule has 1 N–H and O–H groups in total. The summed E-state index contributed by atoms with van der Waals surface area (Å²) in [6.07, 6.45) is 0. The van der Waals surface area contributed by atoms with Gasteiger partial charge in [0, 0.05) is 5.56 Å². The van der Waals surface area contributed by atoms with Gasteiger partial charge in [-0.2, -0.15) is 4.39 Å². The largest absolute Gasteiger partial charge is 0.306 e. The molecule has 1 aromatic carbocycles. The molecule has 0 spiro atoms. The van der Waals surface area contributed by atoms with Crippen LogP contribution in [0.15, 0.2) is 36.4 Å². The molecule has 6 heteroatoms. The summed E-state index contributed by atoms with van der Waals surface area (Å²) in [5.74, 6) is -1.79. The maximum atomic E-state index is 12.9. The fourth-order valence-corrected chi connectivity index (χ4v) is 1.48. The van der Waals surface area contributed by atoms with Gasteiger partial charge in [0.2, 0.25) is 5.95 Å². The first kappa shape index (κ1) is 12.4. The number of carbonyl (C=O) groups is 1. The van der Waals surface area contributed by atoms with E-state index in [2.05, 4.69) is 10.3 Å². The normalized spacial score (nSPS) is 10.2. The first-order valence-electron chi connectivity index (χ1n) is 4.95. The number of rotatable bonds is 2. The summed E-state index contributed by atoms with van der Waals surface area (Å²) in [5.41, 5.74) is 0.160. The monoisotopic (exact) mass is 268 g/mol. The highest BCUT2D eigenvalue weighted by Gasteiger charge is 2.09. The van der Waals surface area contributed by atoms with Gasteiger partial charge < -0.3 is 5.32 Å². The average Bonchev–Trinajstić information content (AvgIpc) is 2.32. The van der Waals surface area contributed by atoms with Gasteiger partial charge in [0.1, 0.15) is 11.6 Å². The van der Waals surface area contributed by atoms with Gasteiger partial charge in [-0.1, -0.05) is 17.7 Å². The summed E-state index contributed by atoms with van der Waals surface area (Å²) in [4.78, 5) is 15.2. The topological polar surface area (TPSA) is 42.0 Å². The zero-order valence-electron chi connectivity index (χ0n) is 8.95. The summed E-state index contributed by atoms with van der Waals surface area (Å²) < 4.78 is 25.7. The van der Waals surface area contributed by atoms with E-state index in [9.17, 15) is 13.6 Å². The van der Waals surface area contributed by atoms with Gasteiger partial charge in [0.15, 0.2) is 0 Å². The number of pyridine rings is 1. The number of anilines is 1. The molecule has 0 fully saturated rings. The molecule has 0 aliphatic rings. The van der Waals surface area contributed by atoms with Crippen molar-refractivity contribution in [3.63, 3.8) is 0 Å². The third kappa shape index (κ3) is 2.81. The predicted molar refractivity (Wildman–Crippen MR) is 63.6 cm³/mol. The highest BCUT2D eigenvalue weighted by Crippen LogP contribution is 2.17. The van der Waals surface area contributed by atoms with Crippen molar-refractivity contribution in [1.82, 2.24) is 4.98 Å². The second-order valence-electron chi connectivity index (χ2n) is 3.43. The minimum absolute atomic E-state index is 0.0699. The van der Waals surface area contributed by atoms with E-state index in [0.29, 0.717) is 0 Å². The Hall–Kier alpha value is -2.01. The molecule has 1 amide bonds.